The Hall–Kier alpha value is -3.12. The number of oxime groups is 1. The quantitative estimate of drug-likeness (QED) is 0.509. The molecule has 0 atom stereocenters. The highest BCUT2D eigenvalue weighted by atomic mass is 32.1. The Balaban J connectivity index is 1.37. The van der Waals surface area contributed by atoms with Crippen molar-refractivity contribution in [2.75, 3.05) is 11.1 Å². The van der Waals surface area contributed by atoms with Crippen LogP contribution in [-0.2, 0) is 17.9 Å². The average molecular weight is 377 g/mol. The van der Waals surface area contributed by atoms with Crippen LogP contribution < -0.4 is 11.1 Å². The maximum atomic E-state index is 12.4. The van der Waals surface area contributed by atoms with E-state index < -0.39 is 0 Å². The first-order valence-corrected chi connectivity index (χ1v) is 9.54. The Labute approximate surface area is 161 Å². The van der Waals surface area contributed by atoms with Crippen molar-refractivity contribution in [3.05, 3.63) is 81.5 Å². The lowest BCUT2D eigenvalue weighted by molar-refractivity contribution is 0.103. The average Bonchev–Trinajstić information content (AvgIpc) is 3.31. The number of anilines is 2. The van der Waals surface area contributed by atoms with Crippen molar-refractivity contribution in [1.82, 2.24) is 0 Å². The molecule has 4 rings (SSSR count). The number of amides is 1. The van der Waals surface area contributed by atoms with Crippen LogP contribution in [-0.4, -0.2) is 11.6 Å². The van der Waals surface area contributed by atoms with Gasteiger partial charge in [-0.2, -0.15) is 0 Å². The Morgan fingerprint density at radius 1 is 1.07 bits per heavy atom. The van der Waals surface area contributed by atoms with Crippen molar-refractivity contribution < 1.29 is 9.63 Å². The zero-order valence-electron chi connectivity index (χ0n) is 14.6. The third-order valence-corrected chi connectivity index (χ3v) is 5.49. The molecule has 1 aliphatic rings. The van der Waals surface area contributed by atoms with Gasteiger partial charge in [0.2, 0.25) is 0 Å². The molecule has 0 unspecified atom stereocenters. The molecule has 5 nitrogen and oxygen atoms in total. The summed E-state index contributed by atoms with van der Waals surface area (Å²) in [7, 11) is 0. The molecule has 2 aromatic carbocycles. The fourth-order valence-electron chi connectivity index (χ4n) is 3.05. The summed E-state index contributed by atoms with van der Waals surface area (Å²) in [6.45, 7) is 0.344. The van der Waals surface area contributed by atoms with Gasteiger partial charge in [0, 0.05) is 10.4 Å². The molecule has 1 aliphatic carbocycles. The number of carbonyl (C=O) groups excluding carboxylic acids is 1. The largest absolute Gasteiger partial charge is 0.397 e. The van der Waals surface area contributed by atoms with Crippen molar-refractivity contribution in [2.24, 2.45) is 5.16 Å². The summed E-state index contributed by atoms with van der Waals surface area (Å²) >= 11 is 1.39. The van der Waals surface area contributed by atoms with Crippen LogP contribution in [0.15, 0.2) is 65.8 Å². The first-order valence-electron chi connectivity index (χ1n) is 8.72. The minimum absolute atomic E-state index is 0.180. The molecule has 1 amide bonds. The number of nitrogen functional groups attached to an aromatic ring is 1. The second-order valence-corrected chi connectivity index (χ2v) is 7.44. The van der Waals surface area contributed by atoms with Crippen LogP contribution in [0.1, 0.15) is 32.1 Å². The van der Waals surface area contributed by atoms with Gasteiger partial charge < -0.3 is 15.9 Å². The van der Waals surface area contributed by atoms with Crippen LogP contribution in [0, 0.1) is 0 Å². The third-order valence-electron chi connectivity index (χ3n) is 4.44. The summed E-state index contributed by atoms with van der Waals surface area (Å²) in [5.74, 6) is -0.180. The Bertz CT molecular complexity index is 1010. The lowest BCUT2D eigenvalue weighted by Crippen LogP contribution is -2.11. The summed E-state index contributed by atoms with van der Waals surface area (Å²) < 4.78 is 0. The Morgan fingerprint density at radius 3 is 2.78 bits per heavy atom. The number of nitrogens with zero attached hydrogens (tertiary/aromatic N) is 1. The zero-order chi connectivity index (χ0) is 18.6. The van der Waals surface area contributed by atoms with Crippen molar-refractivity contribution in [3.8, 4) is 0 Å². The summed E-state index contributed by atoms with van der Waals surface area (Å²) in [5, 5.41) is 7.13. The molecule has 0 spiro atoms. The van der Waals surface area contributed by atoms with Gasteiger partial charge in [-0.25, -0.2) is 0 Å². The maximum Gasteiger partial charge on any atom is 0.265 e. The summed E-state index contributed by atoms with van der Waals surface area (Å²) in [4.78, 5) is 19.5. The van der Waals surface area contributed by atoms with E-state index in [1.54, 1.807) is 18.2 Å². The number of aryl methyl sites for hydroxylation is 1. The first-order chi connectivity index (χ1) is 13.2. The highest BCUT2D eigenvalue weighted by Gasteiger charge is 2.17. The van der Waals surface area contributed by atoms with Crippen molar-refractivity contribution in [1.29, 1.82) is 0 Å². The van der Waals surface area contributed by atoms with E-state index in [1.807, 2.05) is 30.3 Å². The van der Waals surface area contributed by atoms with Gasteiger partial charge in [0.05, 0.1) is 22.0 Å². The number of para-hydroxylation sites is 2. The van der Waals surface area contributed by atoms with Crippen molar-refractivity contribution in [2.45, 2.75) is 19.4 Å². The predicted octanol–water partition coefficient (Wildman–Crippen LogP) is 4.45. The Morgan fingerprint density at radius 2 is 1.89 bits per heavy atom. The zero-order valence-corrected chi connectivity index (χ0v) is 15.5. The van der Waals surface area contributed by atoms with Gasteiger partial charge in [0.25, 0.3) is 5.91 Å². The van der Waals surface area contributed by atoms with Gasteiger partial charge in [0.1, 0.15) is 0 Å². The molecule has 3 N–H and O–H groups in total. The molecule has 136 valence electrons. The van der Waals surface area contributed by atoms with E-state index in [0.717, 1.165) is 23.4 Å². The molecular formula is C21H19N3O2S. The summed E-state index contributed by atoms with van der Waals surface area (Å²) in [5.41, 5.74) is 10.5. The van der Waals surface area contributed by atoms with Gasteiger partial charge in [-0.05, 0) is 42.7 Å². The standard InChI is InChI=1S/C21H19N3O2S/c22-17-7-3-4-8-19(17)23-21(25)20-12-10-15(27-20)13-26-24-18-11-9-14-5-1-2-6-16(14)18/h1-8,10,12H,9,11,13,22H2,(H,23,25)/b24-18+. The topological polar surface area (TPSA) is 76.7 Å². The van der Waals surface area contributed by atoms with Crippen LogP contribution in [0.2, 0.25) is 0 Å². The molecular weight excluding hydrogens is 358 g/mol. The molecule has 3 aromatic rings. The molecule has 1 aromatic heterocycles. The van der Waals surface area contributed by atoms with Gasteiger partial charge in [-0.1, -0.05) is 41.6 Å². The molecule has 0 saturated carbocycles. The smallest absolute Gasteiger partial charge is 0.265 e. The van der Waals surface area contributed by atoms with E-state index in [2.05, 4.69) is 22.6 Å². The number of hydrogen-bond acceptors (Lipinski definition) is 5. The fourth-order valence-corrected chi connectivity index (χ4v) is 3.86. The number of benzene rings is 2. The number of rotatable bonds is 5. The normalized spacial score (nSPS) is 14.1. The van der Waals surface area contributed by atoms with Gasteiger partial charge >= 0.3 is 0 Å². The first kappa shape index (κ1) is 17.3. The third kappa shape index (κ3) is 3.85. The molecule has 1 heterocycles. The van der Waals surface area contributed by atoms with E-state index >= 15 is 0 Å². The van der Waals surface area contributed by atoms with E-state index in [4.69, 9.17) is 10.6 Å². The minimum atomic E-state index is -0.180. The molecule has 27 heavy (non-hydrogen) atoms. The van der Waals surface area contributed by atoms with Gasteiger partial charge in [-0.15, -0.1) is 11.3 Å². The number of fused-ring (bicyclic) bond motifs is 1. The molecule has 0 radical (unpaired) electrons. The molecule has 0 fully saturated rings. The molecule has 0 bridgehead atoms. The number of carbonyl (C=O) groups is 1. The van der Waals surface area contributed by atoms with E-state index in [-0.39, 0.29) is 5.91 Å². The minimum Gasteiger partial charge on any atom is -0.397 e. The van der Waals surface area contributed by atoms with Crippen molar-refractivity contribution in [3.63, 3.8) is 0 Å². The second-order valence-electron chi connectivity index (χ2n) is 6.28. The molecule has 0 saturated heterocycles. The highest BCUT2D eigenvalue weighted by Crippen LogP contribution is 2.24. The highest BCUT2D eigenvalue weighted by molar-refractivity contribution is 7.14. The number of nitrogens with two attached hydrogens (primary N) is 1. The lowest BCUT2D eigenvalue weighted by atomic mass is 10.1. The predicted molar refractivity (Wildman–Crippen MR) is 109 cm³/mol. The maximum absolute atomic E-state index is 12.4. The molecule has 0 aliphatic heterocycles. The SMILES string of the molecule is Nc1ccccc1NC(=O)c1ccc(CO/N=C2\CCc3ccccc32)s1. The van der Waals surface area contributed by atoms with Crippen molar-refractivity contribution >= 4 is 34.3 Å². The number of nitrogens with one attached hydrogen (secondary N) is 1. The van der Waals surface area contributed by atoms with Crippen LogP contribution >= 0.6 is 11.3 Å². The fraction of sp³-hybridized carbons (Fsp3) is 0.143. The van der Waals surface area contributed by atoms with E-state index in [9.17, 15) is 4.79 Å². The number of hydrogen-bond donors (Lipinski definition) is 2. The van der Waals surface area contributed by atoms with Gasteiger partial charge in [0.15, 0.2) is 6.61 Å². The van der Waals surface area contributed by atoms with Crippen LogP contribution in [0.3, 0.4) is 0 Å². The van der Waals surface area contributed by atoms with E-state index in [1.165, 1.54) is 22.5 Å². The van der Waals surface area contributed by atoms with Crippen LogP contribution in [0.4, 0.5) is 11.4 Å². The second kappa shape index (κ2) is 7.63. The monoisotopic (exact) mass is 377 g/mol. The number of thiophene rings is 1. The van der Waals surface area contributed by atoms with Crippen LogP contribution in [0.5, 0.6) is 0 Å². The van der Waals surface area contributed by atoms with E-state index in [0.29, 0.717) is 22.9 Å². The lowest BCUT2D eigenvalue weighted by Gasteiger charge is -2.06. The molecule has 6 heteroatoms. The summed E-state index contributed by atoms with van der Waals surface area (Å²) in [6.07, 6.45) is 1.90. The summed E-state index contributed by atoms with van der Waals surface area (Å²) in [6, 6.07) is 19.1. The van der Waals surface area contributed by atoms with Crippen LogP contribution in [0.25, 0.3) is 0 Å². The Kier molecular flexibility index (Phi) is 4.89. The van der Waals surface area contributed by atoms with Gasteiger partial charge in [-0.3, -0.25) is 4.79 Å².